The van der Waals surface area contributed by atoms with Crippen LogP contribution in [0.3, 0.4) is 0 Å². The van der Waals surface area contributed by atoms with Crippen molar-refractivity contribution < 1.29 is 23.4 Å². The normalized spacial score (nSPS) is 17.8. The van der Waals surface area contributed by atoms with E-state index in [9.17, 15) is 9.18 Å². The maximum Gasteiger partial charge on any atom is 0.259 e. The summed E-state index contributed by atoms with van der Waals surface area (Å²) in [5.41, 5.74) is 3.13. The van der Waals surface area contributed by atoms with Gasteiger partial charge >= 0.3 is 0 Å². The Kier molecular flexibility index (Phi) is 5.50. The zero-order chi connectivity index (χ0) is 23.2. The third kappa shape index (κ3) is 4.05. The number of benzene rings is 1. The number of methoxy groups -OCH3 is 1. The van der Waals surface area contributed by atoms with Crippen molar-refractivity contribution in [2.75, 3.05) is 20.3 Å². The first-order chi connectivity index (χ1) is 15.9. The molecule has 0 bridgehead atoms. The van der Waals surface area contributed by atoms with Crippen LogP contribution in [0, 0.1) is 0 Å². The van der Waals surface area contributed by atoms with Crippen molar-refractivity contribution in [3.8, 4) is 22.8 Å². The van der Waals surface area contributed by atoms with Gasteiger partial charge in [0.25, 0.3) is 12.3 Å². The summed E-state index contributed by atoms with van der Waals surface area (Å²) in [6.45, 7) is 4.32. The Morgan fingerprint density at radius 1 is 1.39 bits per heavy atom. The van der Waals surface area contributed by atoms with Crippen LogP contribution >= 0.6 is 11.6 Å². The van der Waals surface area contributed by atoms with Gasteiger partial charge in [0.05, 0.1) is 32.2 Å². The molecule has 7 nitrogen and oxygen atoms in total. The summed E-state index contributed by atoms with van der Waals surface area (Å²) in [4.78, 5) is 16.9. The van der Waals surface area contributed by atoms with E-state index >= 15 is 0 Å². The van der Waals surface area contributed by atoms with E-state index < -0.39 is 11.2 Å². The quantitative estimate of drug-likeness (QED) is 0.393. The molecular formula is C24H23ClFN3O4. The Morgan fingerprint density at radius 3 is 2.79 bits per heavy atom. The largest absolute Gasteiger partial charge is 0.496 e. The number of aromatic nitrogens is 2. The summed E-state index contributed by atoms with van der Waals surface area (Å²) in [6, 6.07) is 7.29. The van der Waals surface area contributed by atoms with Crippen molar-refractivity contribution in [1.29, 1.82) is 0 Å². The van der Waals surface area contributed by atoms with Crippen LogP contribution in [0.1, 0.15) is 28.8 Å². The number of alkyl halides is 2. The summed E-state index contributed by atoms with van der Waals surface area (Å²) >= 11 is 6.59. The van der Waals surface area contributed by atoms with Crippen LogP contribution in [0.4, 0.5) is 4.39 Å². The number of pyridine rings is 1. The molecule has 33 heavy (non-hydrogen) atoms. The molecule has 1 aliphatic carbocycles. The van der Waals surface area contributed by atoms with E-state index in [0.29, 0.717) is 24.4 Å². The van der Waals surface area contributed by atoms with Gasteiger partial charge < -0.3 is 19.5 Å². The summed E-state index contributed by atoms with van der Waals surface area (Å²) in [5.74, 6) is -0.0346. The van der Waals surface area contributed by atoms with Crippen LogP contribution in [0.15, 0.2) is 49.3 Å². The second kappa shape index (κ2) is 8.35. The number of carbonyl (C=O) groups is 1. The molecule has 2 aliphatic rings. The number of imidazole rings is 1. The molecule has 1 saturated carbocycles. The molecule has 3 heterocycles. The second-order valence-electron chi connectivity index (χ2n) is 8.25. The number of carbonyl (C=O) groups excluding carboxylic acids is 1. The fraction of sp³-hybridized carbons (Fsp3) is 0.333. The van der Waals surface area contributed by atoms with E-state index in [-0.39, 0.29) is 29.0 Å². The van der Waals surface area contributed by atoms with Gasteiger partial charge in [0.2, 0.25) is 0 Å². The SMILES string of the molecule is C=CC(F)Oc1cc(-c2cnc3cc(C4(Cl)COC4)ccn23)cc(OC)c1C(=O)NC1CC1. The van der Waals surface area contributed by atoms with E-state index in [4.69, 9.17) is 25.8 Å². The highest BCUT2D eigenvalue weighted by Gasteiger charge is 2.38. The van der Waals surface area contributed by atoms with E-state index in [2.05, 4.69) is 16.9 Å². The minimum Gasteiger partial charge on any atom is -0.496 e. The lowest BCUT2D eigenvalue weighted by atomic mass is 9.97. The molecule has 172 valence electrons. The molecule has 9 heteroatoms. The van der Waals surface area contributed by atoms with Gasteiger partial charge in [0.15, 0.2) is 0 Å². The van der Waals surface area contributed by atoms with E-state index in [0.717, 1.165) is 30.2 Å². The molecule has 0 radical (unpaired) electrons. The smallest absolute Gasteiger partial charge is 0.259 e. The molecule has 1 unspecified atom stereocenters. The summed E-state index contributed by atoms with van der Waals surface area (Å²) in [7, 11) is 1.46. The third-order valence-corrected chi connectivity index (χ3v) is 6.27. The predicted molar refractivity (Wildman–Crippen MR) is 122 cm³/mol. The van der Waals surface area contributed by atoms with Gasteiger partial charge in [0, 0.05) is 17.8 Å². The molecule has 1 amide bonds. The van der Waals surface area contributed by atoms with Gasteiger partial charge in [-0.15, -0.1) is 11.6 Å². The van der Waals surface area contributed by atoms with Crippen molar-refractivity contribution in [3.63, 3.8) is 0 Å². The number of fused-ring (bicyclic) bond motifs is 1. The molecule has 1 N–H and O–H groups in total. The molecule has 3 aromatic rings. The van der Waals surface area contributed by atoms with Crippen molar-refractivity contribution in [2.24, 2.45) is 0 Å². The lowest BCUT2D eigenvalue weighted by Gasteiger charge is -2.35. The number of amides is 1. The molecule has 0 spiro atoms. The monoisotopic (exact) mass is 471 g/mol. The van der Waals surface area contributed by atoms with Crippen LogP contribution in [0.25, 0.3) is 16.9 Å². The molecular weight excluding hydrogens is 449 g/mol. The molecule has 1 saturated heterocycles. The Balaban J connectivity index is 1.58. The predicted octanol–water partition coefficient (Wildman–Crippen LogP) is 4.23. The molecule has 5 rings (SSSR count). The van der Waals surface area contributed by atoms with Gasteiger partial charge in [-0.2, -0.15) is 4.39 Å². The van der Waals surface area contributed by atoms with Gasteiger partial charge in [-0.3, -0.25) is 9.20 Å². The van der Waals surface area contributed by atoms with Crippen LogP contribution < -0.4 is 14.8 Å². The highest BCUT2D eigenvalue weighted by Crippen LogP contribution is 2.39. The maximum atomic E-state index is 14.1. The van der Waals surface area contributed by atoms with Crippen LogP contribution in [0.5, 0.6) is 11.5 Å². The van der Waals surface area contributed by atoms with Gasteiger partial charge in [0.1, 0.15) is 27.6 Å². The Labute approximate surface area is 195 Å². The molecule has 1 aliphatic heterocycles. The van der Waals surface area contributed by atoms with Crippen molar-refractivity contribution in [3.05, 3.63) is 60.4 Å². The molecule has 2 fully saturated rings. The first kappa shape index (κ1) is 21.7. The fourth-order valence-electron chi connectivity index (χ4n) is 3.79. The van der Waals surface area contributed by atoms with Gasteiger partial charge in [-0.1, -0.05) is 6.58 Å². The molecule has 1 atom stereocenters. The average Bonchev–Trinajstić information content (AvgIpc) is 3.51. The average molecular weight is 472 g/mol. The number of nitrogens with one attached hydrogen (secondary N) is 1. The Bertz CT molecular complexity index is 1240. The minimum atomic E-state index is -1.79. The lowest BCUT2D eigenvalue weighted by Crippen LogP contribution is -2.41. The van der Waals surface area contributed by atoms with Crippen LogP contribution in [-0.4, -0.2) is 48.0 Å². The summed E-state index contributed by atoms with van der Waals surface area (Å²) in [6.07, 6.45) is 4.63. The second-order valence-corrected chi connectivity index (χ2v) is 8.97. The fourth-order valence-corrected chi connectivity index (χ4v) is 4.06. The summed E-state index contributed by atoms with van der Waals surface area (Å²) in [5, 5.41) is 2.90. The number of halogens is 2. The van der Waals surface area contributed by atoms with E-state index in [1.54, 1.807) is 18.3 Å². The van der Waals surface area contributed by atoms with Crippen molar-refractivity contribution in [2.45, 2.75) is 30.1 Å². The van der Waals surface area contributed by atoms with Crippen LogP contribution in [-0.2, 0) is 9.61 Å². The zero-order valence-electron chi connectivity index (χ0n) is 18.0. The number of hydrogen-bond donors (Lipinski definition) is 1. The minimum absolute atomic E-state index is 0.0628. The first-order valence-electron chi connectivity index (χ1n) is 10.6. The maximum absolute atomic E-state index is 14.1. The Morgan fingerprint density at radius 2 is 2.15 bits per heavy atom. The van der Waals surface area contributed by atoms with Crippen LogP contribution in [0.2, 0.25) is 0 Å². The van der Waals surface area contributed by atoms with Gasteiger partial charge in [-0.25, -0.2) is 4.98 Å². The van der Waals surface area contributed by atoms with Crippen molar-refractivity contribution >= 4 is 23.2 Å². The number of hydrogen-bond acceptors (Lipinski definition) is 5. The number of ether oxygens (including phenoxy) is 3. The topological polar surface area (TPSA) is 74.1 Å². The van der Waals surface area contributed by atoms with Gasteiger partial charge in [-0.05, 0) is 48.7 Å². The number of nitrogens with zero attached hydrogens (tertiary/aromatic N) is 2. The highest BCUT2D eigenvalue weighted by atomic mass is 35.5. The molecule has 1 aromatic carbocycles. The Hall–Kier alpha value is -3.10. The standard InChI is InChI=1S/C24H23ClFN3O4/c1-3-20(26)33-19-9-14(8-18(31-2)22(19)23(30)28-16-4-5-16)17-11-27-21-10-15(6-7-29(17)21)24(25)12-32-13-24/h3,6-11,16,20H,1,4-5,12-13H2,2H3,(H,28,30). The zero-order valence-corrected chi connectivity index (χ0v) is 18.8. The third-order valence-electron chi connectivity index (χ3n) is 5.84. The lowest BCUT2D eigenvalue weighted by molar-refractivity contribution is -0.0152. The molecule has 2 aromatic heterocycles. The van der Waals surface area contributed by atoms with Crippen molar-refractivity contribution in [1.82, 2.24) is 14.7 Å². The number of rotatable bonds is 8. The van der Waals surface area contributed by atoms with E-state index in [1.165, 1.54) is 7.11 Å². The summed E-state index contributed by atoms with van der Waals surface area (Å²) < 4.78 is 32.2. The highest BCUT2D eigenvalue weighted by molar-refractivity contribution is 6.24. The first-order valence-corrected chi connectivity index (χ1v) is 11.0. The van der Waals surface area contributed by atoms with E-state index in [1.807, 2.05) is 22.7 Å².